The summed E-state index contributed by atoms with van der Waals surface area (Å²) in [5.74, 6) is -1.23. The molecule has 1 aliphatic heterocycles. The number of anilines is 2. The van der Waals surface area contributed by atoms with E-state index in [4.69, 9.17) is 11.6 Å². The van der Waals surface area contributed by atoms with Crippen LogP contribution in [-0.2, 0) is 0 Å². The summed E-state index contributed by atoms with van der Waals surface area (Å²) in [6.45, 7) is 0. The van der Waals surface area contributed by atoms with Crippen molar-refractivity contribution in [2.75, 3.05) is 17.3 Å². The molecule has 0 radical (unpaired) electrons. The Labute approximate surface area is 200 Å². The fourth-order valence-corrected chi connectivity index (χ4v) is 3.88. The molecule has 3 aromatic rings. The summed E-state index contributed by atoms with van der Waals surface area (Å²) in [7, 11) is 1.32. The lowest BCUT2D eigenvalue weighted by molar-refractivity contribution is -0.274. The Hall–Kier alpha value is -3.41. The van der Waals surface area contributed by atoms with Crippen LogP contribution in [0.2, 0.25) is 5.02 Å². The van der Waals surface area contributed by atoms with Crippen molar-refractivity contribution in [2.24, 2.45) is 0 Å². The Kier molecular flexibility index (Phi) is 6.34. The van der Waals surface area contributed by atoms with Crippen molar-refractivity contribution >= 4 is 29.0 Å². The van der Waals surface area contributed by atoms with Gasteiger partial charge in [-0.1, -0.05) is 23.7 Å². The molecule has 2 aromatic carbocycles. The summed E-state index contributed by atoms with van der Waals surface area (Å²) < 4.78 is 83.1. The summed E-state index contributed by atoms with van der Waals surface area (Å²) >= 11 is 5.87. The van der Waals surface area contributed by atoms with Crippen molar-refractivity contribution in [3.8, 4) is 5.75 Å². The molecule has 1 N–H and O–H groups in total. The van der Waals surface area contributed by atoms with Crippen LogP contribution in [0.15, 0.2) is 54.6 Å². The molecule has 0 fully saturated rings. The maximum atomic E-state index is 13.9. The van der Waals surface area contributed by atoms with E-state index in [1.165, 1.54) is 25.2 Å². The van der Waals surface area contributed by atoms with Crippen LogP contribution in [0.1, 0.15) is 34.6 Å². The molecule has 13 heteroatoms. The van der Waals surface area contributed by atoms with Crippen LogP contribution in [-0.4, -0.2) is 35.3 Å². The van der Waals surface area contributed by atoms with Crippen LogP contribution in [0.5, 0.6) is 5.75 Å². The number of aromatic nitrogens is 2. The lowest BCUT2D eigenvalue weighted by atomic mass is 9.97. The minimum atomic E-state index is -4.87. The van der Waals surface area contributed by atoms with Gasteiger partial charge in [0.2, 0.25) is 0 Å². The third-order valence-electron chi connectivity index (χ3n) is 5.44. The number of alkyl halides is 6. The number of rotatable bonds is 4. The number of hydrogen-bond acceptors (Lipinski definition) is 4. The van der Waals surface area contributed by atoms with Gasteiger partial charge < -0.3 is 15.0 Å². The van der Waals surface area contributed by atoms with Gasteiger partial charge in [0, 0.05) is 30.2 Å². The first kappa shape index (κ1) is 24.7. The quantitative estimate of drug-likeness (QED) is 0.408. The second-order valence-corrected chi connectivity index (χ2v) is 8.24. The molecule has 0 saturated heterocycles. The summed E-state index contributed by atoms with van der Waals surface area (Å²) in [6, 6.07) is 9.35. The predicted molar refractivity (Wildman–Crippen MR) is 116 cm³/mol. The van der Waals surface area contributed by atoms with Crippen molar-refractivity contribution < 1.29 is 35.9 Å². The lowest BCUT2D eigenvalue weighted by Crippen LogP contribution is -2.35. The first-order valence-electron chi connectivity index (χ1n) is 10.1. The number of halogens is 7. The monoisotopic (exact) mass is 518 g/mol. The van der Waals surface area contributed by atoms with Crippen LogP contribution in [0.25, 0.3) is 0 Å². The third kappa shape index (κ3) is 5.47. The smallest absolute Gasteiger partial charge is 0.406 e. The van der Waals surface area contributed by atoms with Crippen molar-refractivity contribution in [3.63, 3.8) is 0 Å². The van der Waals surface area contributed by atoms with Gasteiger partial charge in [0.1, 0.15) is 11.6 Å². The number of benzene rings is 2. The molecular formula is C22H17ClF6N4O2. The van der Waals surface area contributed by atoms with E-state index in [2.05, 4.69) is 15.2 Å². The number of hydrogen-bond donors (Lipinski definition) is 1. The fourth-order valence-electron chi connectivity index (χ4n) is 3.75. The number of nitrogens with one attached hydrogen (secondary N) is 1. The first-order chi connectivity index (χ1) is 16.3. The highest BCUT2D eigenvalue weighted by molar-refractivity contribution is 6.30. The molecule has 35 heavy (non-hydrogen) atoms. The minimum Gasteiger partial charge on any atom is -0.406 e. The van der Waals surface area contributed by atoms with Crippen LogP contribution in [0.4, 0.5) is 37.8 Å². The van der Waals surface area contributed by atoms with Crippen molar-refractivity contribution in [3.05, 3.63) is 70.9 Å². The van der Waals surface area contributed by atoms with Gasteiger partial charge in [-0.2, -0.15) is 18.3 Å². The van der Waals surface area contributed by atoms with Gasteiger partial charge in [0.05, 0.1) is 6.04 Å². The molecule has 2 atom stereocenters. The highest BCUT2D eigenvalue weighted by Crippen LogP contribution is 2.44. The third-order valence-corrected chi connectivity index (χ3v) is 5.70. The highest BCUT2D eigenvalue weighted by atomic mass is 35.5. The maximum Gasteiger partial charge on any atom is 0.573 e. The second-order valence-electron chi connectivity index (χ2n) is 7.81. The molecule has 1 aliphatic rings. The van der Waals surface area contributed by atoms with E-state index in [0.717, 1.165) is 21.7 Å². The van der Waals surface area contributed by atoms with E-state index in [9.17, 15) is 31.1 Å². The standard InChI is InChI=1S/C22H17ClF6N4O2/c1-32(14-6-8-15(9-7-14)35-22(27,28)29)20(34)17-11-19-30-16(12-2-4-13(23)5-3-12)10-18(21(24,25)26)33(19)31-17/h2-9,11,16,18,30H,10H2,1H3/t16-,18-/m0/s1. The summed E-state index contributed by atoms with van der Waals surface area (Å²) in [4.78, 5) is 14.0. The first-order valence-corrected chi connectivity index (χ1v) is 10.5. The zero-order valence-electron chi connectivity index (χ0n) is 17.9. The second kappa shape index (κ2) is 8.99. The molecule has 2 heterocycles. The normalized spacial score (nSPS) is 17.9. The summed E-state index contributed by atoms with van der Waals surface area (Å²) in [5.41, 5.74) is 0.508. The molecule has 0 bridgehead atoms. The van der Waals surface area contributed by atoms with Gasteiger partial charge in [-0.15, -0.1) is 13.2 Å². The number of amides is 1. The molecule has 6 nitrogen and oxygen atoms in total. The van der Waals surface area contributed by atoms with Crippen LogP contribution in [0, 0.1) is 0 Å². The number of carbonyl (C=O) groups excluding carboxylic acids is 1. The zero-order valence-corrected chi connectivity index (χ0v) is 18.6. The number of carbonyl (C=O) groups is 1. The van der Waals surface area contributed by atoms with Gasteiger partial charge >= 0.3 is 12.5 Å². The van der Waals surface area contributed by atoms with Crippen LogP contribution < -0.4 is 15.0 Å². The molecule has 186 valence electrons. The van der Waals surface area contributed by atoms with Gasteiger partial charge in [0.15, 0.2) is 11.7 Å². The molecule has 0 aliphatic carbocycles. The molecule has 0 spiro atoms. The maximum absolute atomic E-state index is 13.9. The SMILES string of the molecule is CN(C(=O)c1cc2n(n1)[C@H](C(F)(F)F)C[C@@H](c1ccc(Cl)cc1)N2)c1ccc(OC(F)(F)F)cc1. The minimum absolute atomic E-state index is 0.00389. The molecule has 0 saturated carbocycles. The Morgan fingerprint density at radius 1 is 1.09 bits per heavy atom. The van der Waals surface area contributed by atoms with E-state index in [-0.39, 0.29) is 23.6 Å². The van der Waals surface area contributed by atoms with Crippen LogP contribution >= 0.6 is 11.6 Å². The zero-order chi connectivity index (χ0) is 25.5. The Balaban J connectivity index is 1.59. The topological polar surface area (TPSA) is 59.4 Å². The van der Waals surface area contributed by atoms with E-state index in [1.807, 2.05) is 0 Å². The highest BCUT2D eigenvalue weighted by Gasteiger charge is 2.47. The molecule has 1 aromatic heterocycles. The molecular weight excluding hydrogens is 502 g/mol. The Morgan fingerprint density at radius 3 is 2.29 bits per heavy atom. The van der Waals surface area contributed by atoms with Gasteiger partial charge in [-0.05, 0) is 42.0 Å². The summed E-state index contributed by atoms with van der Waals surface area (Å²) in [5, 5.41) is 7.32. The van der Waals surface area contributed by atoms with Crippen molar-refractivity contribution in [1.29, 1.82) is 0 Å². The summed E-state index contributed by atoms with van der Waals surface area (Å²) in [6.07, 6.45) is -9.86. The Bertz CT molecular complexity index is 1210. The van der Waals surface area contributed by atoms with Crippen molar-refractivity contribution in [2.45, 2.75) is 31.0 Å². The van der Waals surface area contributed by atoms with E-state index < -0.39 is 36.3 Å². The van der Waals surface area contributed by atoms with Gasteiger partial charge in [-0.3, -0.25) is 4.79 Å². The number of nitrogens with zero attached hydrogens (tertiary/aromatic N) is 3. The van der Waals surface area contributed by atoms with Crippen molar-refractivity contribution in [1.82, 2.24) is 9.78 Å². The molecule has 4 rings (SSSR count). The fraction of sp³-hybridized carbons (Fsp3) is 0.273. The average Bonchev–Trinajstić information content (AvgIpc) is 3.21. The van der Waals surface area contributed by atoms with E-state index >= 15 is 0 Å². The molecule has 1 amide bonds. The lowest BCUT2D eigenvalue weighted by Gasteiger charge is -2.33. The van der Waals surface area contributed by atoms with E-state index in [0.29, 0.717) is 10.6 Å². The Morgan fingerprint density at radius 2 is 1.71 bits per heavy atom. The largest absolute Gasteiger partial charge is 0.573 e. The van der Waals surface area contributed by atoms with E-state index in [1.54, 1.807) is 24.3 Å². The van der Waals surface area contributed by atoms with Gasteiger partial charge in [-0.25, -0.2) is 4.68 Å². The van der Waals surface area contributed by atoms with Gasteiger partial charge in [0.25, 0.3) is 5.91 Å². The van der Waals surface area contributed by atoms with Crippen LogP contribution in [0.3, 0.4) is 0 Å². The molecule has 0 unspecified atom stereocenters. The average molecular weight is 519 g/mol. The number of ether oxygens (including phenoxy) is 1. The predicted octanol–water partition coefficient (Wildman–Crippen LogP) is 6.37. The number of fused-ring (bicyclic) bond motifs is 1.